The first-order valence-electron chi connectivity index (χ1n) is 8.46. The molecule has 1 spiro atoms. The van der Waals surface area contributed by atoms with Crippen molar-refractivity contribution in [3.8, 4) is 0 Å². The van der Waals surface area contributed by atoms with Crippen LogP contribution in [0.2, 0.25) is 0 Å². The molecule has 0 aromatic rings. The molecular formula is C17H30O4. The first kappa shape index (κ1) is 16.8. The lowest BCUT2D eigenvalue weighted by Crippen LogP contribution is -2.34. The minimum Gasteiger partial charge on any atom is -0.462 e. The van der Waals surface area contributed by atoms with Crippen molar-refractivity contribution in [1.29, 1.82) is 0 Å². The lowest BCUT2D eigenvalue weighted by molar-refractivity contribution is -0.188. The standard InChI is InChI=1S/C17H30O4/c1-4-16(2,3)15(18)19-12-14-13-20-17(21-14)10-8-6-5-7-9-11-17/h14H,4-13H2,1-3H3. The molecule has 0 aromatic carbocycles. The van der Waals surface area contributed by atoms with Gasteiger partial charge in [0.25, 0.3) is 0 Å². The fourth-order valence-electron chi connectivity index (χ4n) is 2.91. The summed E-state index contributed by atoms with van der Waals surface area (Å²) in [6, 6.07) is 0. The molecular weight excluding hydrogens is 268 g/mol. The van der Waals surface area contributed by atoms with Gasteiger partial charge in [0.2, 0.25) is 0 Å². The van der Waals surface area contributed by atoms with Crippen LogP contribution in [0.5, 0.6) is 0 Å². The highest BCUT2D eigenvalue weighted by atomic mass is 16.8. The van der Waals surface area contributed by atoms with Gasteiger partial charge in [-0.2, -0.15) is 0 Å². The maximum Gasteiger partial charge on any atom is 0.311 e. The van der Waals surface area contributed by atoms with E-state index >= 15 is 0 Å². The van der Waals surface area contributed by atoms with Crippen molar-refractivity contribution in [1.82, 2.24) is 0 Å². The number of esters is 1. The average Bonchev–Trinajstić information content (AvgIpc) is 2.85. The lowest BCUT2D eigenvalue weighted by atomic mass is 9.91. The van der Waals surface area contributed by atoms with Crippen LogP contribution < -0.4 is 0 Å². The minimum atomic E-state index is -0.419. The molecule has 1 aliphatic heterocycles. The Morgan fingerprint density at radius 3 is 2.43 bits per heavy atom. The summed E-state index contributed by atoms with van der Waals surface area (Å²) >= 11 is 0. The SMILES string of the molecule is CCC(C)(C)C(=O)OCC1COC2(CCCCCCC2)O1. The largest absolute Gasteiger partial charge is 0.462 e. The van der Waals surface area contributed by atoms with Gasteiger partial charge in [-0.3, -0.25) is 4.79 Å². The fraction of sp³-hybridized carbons (Fsp3) is 0.941. The molecule has 2 aliphatic rings. The molecule has 0 amide bonds. The molecule has 0 aromatic heterocycles. The Morgan fingerprint density at radius 1 is 1.19 bits per heavy atom. The van der Waals surface area contributed by atoms with Gasteiger partial charge < -0.3 is 14.2 Å². The van der Waals surface area contributed by atoms with E-state index in [1.165, 1.54) is 19.3 Å². The van der Waals surface area contributed by atoms with Crippen molar-refractivity contribution in [3.63, 3.8) is 0 Å². The van der Waals surface area contributed by atoms with Crippen LogP contribution in [0.3, 0.4) is 0 Å². The van der Waals surface area contributed by atoms with Crippen LogP contribution in [0.1, 0.15) is 72.1 Å². The van der Waals surface area contributed by atoms with E-state index in [1.54, 1.807) is 0 Å². The smallest absolute Gasteiger partial charge is 0.311 e. The Kier molecular flexibility index (Phi) is 5.67. The van der Waals surface area contributed by atoms with Crippen molar-refractivity contribution >= 4 is 5.97 Å². The van der Waals surface area contributed by atoms with Crippen LogP contribution >= 0.6 is 0 Å². The van der Waals surface area contributed by atoms with E-state index in [4.69, 9.17) is 14.2 Å². The second kappa shape index (κ2) is 7.10. The highest BCUT2D eigenvalue weighted by molar-refractivity contribution is 5.75. The van der Waals surface area contributed by atoms with E-state index in [-0.39, 0.29) is 12.1 Å². The fourth-order valence-corrected chi connectivity index (χ4v) is 2.91. The van der Waals surface area contributed by atoms with E-state index in [9.17, 15) is 4.79 Å². The summed E-state index contributed by atoms with van der Waals surface area (Å²) in [6.45, 7) is 6.68. The van der Waals surface area contributed by atoms with Gasteiger partial charge in [0.1, 0.15) is 12.7 Å². The molecule has 0 N–H and O–H groups in total. The predicted octanol–water partition coefficient (Wildman–Crippen LogP) is 3.82. The monoisotopic (exact) mass is 298 g/mol. The molecule has 0 bridgehead atoms. The summed E-state index contributed by atoms with van der Waals surface area (Å²) in [6.07, 6.45) is 8.78. The van der Waals surface area contributed by atoms with E-state index in [2.05, 4.69) is 0 Å². The van der Waals surface area contributed by atoms with Crippen LogP contribution in [-0.4, -0.2) is 31.1 Å². The van der Waals surface area contributed by atoms with Gasteiger partial charge in [-0.15, -0.1) is 0 Å². The quantitative estimate of drug-likeness (QED) is 0.740. The van der Waals surface area contributed by atoms with Crippen molar-refractivity contribution in [2.75, 3.05) is 13.2 Å². The summed E-state index contributed by atoms with van der Waals surface area (Å²) in [5.41, 5.74) is -0.419. The highest BCUT2D eigenvalue weighted by Gasteiger charge is 2.41. The first-order valence-corrected chi connectivity index (χ1v) is 8.46. The first-order chi connectivity index (χ1) is 9.97. The molecule has 1 aliphatic carbocycles. The van der Waals surface area contributed by atoms with Crippen molar-refractivity contribution < 1.29 is 19.0 Å². The van der Waals surface area contributed by atoms with Crippen LogP contribution in [0, 0.1) is 5.41 Å². The van der Waals surface area contributed by atoms with Crippen molar-refractivity contribution in [2.45, 2.75) is 84.0 Å². The molecule has 0 radical (unpaired) electrons. The van der Waals surface area contributed by atoms with Crippen LogP contribution in [0.25, 0.3) is 0 Å². The summed E-state index contributed by atoms with van der Waals surface area (Å²) in [5.74, 6) is -0.551. The average molecular weight is 298 g/mol. The second-order valence-corrected chi connectivity index (χ2v) is 7.07. The number of carbonyl (C=O) groups is 1. The molecule has 1 atom stereocenters. The minimum absolute atomic E-state index is 0.110. The zero-order chi connectivity index (χ0) is 15.3. The van der Waals surface area contributed by atoms with E-state index in [0.717, 1.165) is 32.1 Å². The third-order valence-electron chi connectivity index (χ3n) is 4.87. The van der Waals surface area contributed by atoms with Crippen LogP contribution in [0.15, 0.2) is 0 Å². The Hall–Kier alpha value is -0.610. The third kappa shape index (κ3) is 4.43. The van der Waals surface area contributed by atoms with E-state index < -0.39 is 11.2 Å². The molecule has 21 heavy (non-hydrogen) atoms. The summed E-state index contributed by atoms with van der Waals surface area (Å²) in [7, 11) is 0. The van der Waals surface area contributed by atoms with Gasteiger partial charge in [0.15, 0.2) is 5.79 Å². The Morgan fingerprint density at radius 2 is 1.81 bits per heavy atom. The van der Waals surface area contributed by atoms with Crippen molar-refractivity contribution in [2.24, 2.45) is 5.41 Å². The normalized spacial score (nSPS) is 26.3. The highest BCUT2D eigenvalue weighted by Crippen LogP contribution is 2.36. The second-order valence-electron chi connectivity index (χ2n) is 7.07. The van der Waals surface area contributed by atoms with Gasteiger partial charge in [-0.1, -0.05) is 26.2 Å². The summed E-state index contributed by atoms with van der Waals surface area (Å²) in [5, 5.41) is 0. The molecule has 4 heteroatoms. The number of hydrogen-bond donors (Lipinski definition) is 0. The van der Waals surface area contributed by atoms with E-state index in [0.29, 0.717) is 13.2 Å². The zero-order valence-electron chi connectivity index (χ0n) is 13.8. The van der Waals surface area contributed by atoms with Gasteiger partial charge in [0.05, 0.1) is 12.0 Å². The van der Waals surface area contributed by atoms with Gasteiger partial charge >= 0.3 is 5.97 Å². The Labute approximate surface area is 128 Å². The summed E-state index contributed by atoms with van der Waals surface area (Å²) in [4.78, 5) is 12.0. The van der Waals surface area contributed by atoms with Gasteiger partial charge in [-0.05, 0) is 33.1 Å². The molecule has 1 saturated heterocycles. The summed E-state index contributed by atoms with van der Waals surface area (Å²) < 4.78 is 17.5. The molecule has 2 rings (SSSR count). The molecule has 2 fully saturated rings. The molecule has 1 saturated carbocycles. The molecule has 1 unspecified atom stereocenters. The Bertz CT molecular complexity index is 343. The lowest BCUT2D eigenvalue weighted by Gasteiger charge is -2.30. The third-order valence-corrected chi connectivity index (χ3v) is 4.87. The maximum absolute atomic E-state index is 12.0. The molecule has 1 heterocycles. The number of ether oxygens (including phenoxy) is 3. The maximum atomic E-state index is 12.0. The molecule has 122 valence electrons. The topological polar surface area (TPSA) is 44.8 Å². The van der Waals surface area contributed by atoms with Crippen LogP contribution in [0.4, 0.5) is 0 Å². The molecule has 4 nitrogen and oxygen atoms in total. The van der Waals surface area contributed by atoms with Gasteiger partial charge in [0, 0.05) is 12.8 Å². The van der Waals surface area contributed by atoms with E-state index in [1.807, 2.05) is 20.8 Å². The van der Waals surface area contributed by atoms with Crippen LogP contribution in [-0.2, 0) is 19.0 Å². The zero-order valence-corrected chi connectivity index (χ0v) is 13.8. The number of carbonyl (C=O) groups excluding carboxylic acids is 1. The number of hydrogen-bond acceptors (Lipinski definition) is 4. The van der Waals surface area contributed by atoms with Gasteiger partial charge in [-0.25, -0.2) is 0 Å². The predicted molar refractivity (Wildman–Crippen MR) is 80.9 cm³/mol. The number of rotatable bonds is 4. The van der Waals surface area contributed by atoms with Crippen molar-refractivity contribution in [3.05, 3.63) is 0 Å². The Balaban J connectivity index is 1.80.